The van der Waals surface area contributed by atoms with Crippen LogP contribution in [0.15, 0.2) is 47.8 Å². The van der Waals surface area contributed by atoms with E-state index in [9.17, 15) is 0 Å². The van der Waals surface area contributed by atoms with Crippen molar-refractivity contribution in [3.63, 3.8) is 0 Å². The van der Waals surface area contributed by atoms with E-state index in [0.29, 0.717) is 6.54 Å². The summed E-state index contributed by atoms with van der Waals surface area (Å²) in [6, 6.07) is 7.82. The van der Waals surface area contributed by atoms with Crippen LogP contribution in [0.3, 0.4) is 0 Å². The van der Waals surface area contributed by atoms with Gasteiger partial charge in [-0.3, -0.25) is 15.0 Å². The number of ether oxygens (including phenoxy) is 1. The Morgan fingerprint density at radius 1 is 1.29 bits per heavy atom. The van der Waals surface area contributed by atoms with Crippen LogP contribution in [0, 0.1) is 0 Å². The Hall–Kier alpha value is -2.23. The summed E-state index contributed by atoms with van der Waals surface area (Å²) in [5.74, 6) is 0.851. The van der Waals surface area contributed by atoms with Crippen molar-refractivity contribution in [3.05, 3.63) is 54.1 Å². The van der Waals surface area contributed by atoms with Crippen molar-refractivity contribution in [2.45, 2.75) is 6.54 Å². The number of para-hydroxylation sites is 1. The van der Waals surface area contributed by atoms with E-state index in [-0.39, 0.29) is 0 Å². The number of aliphatic imine (C=N–C) groups is 1. The molecule has 1 heterocycles. The lowest BCUT2D eigenvalue weighted by Gasteiger charge is -2.04. The molecule has 0 saturated carbocycles. The molecule has 0 fully saturated rings. The molecule has 0 aliphatic rings. The lowest BCUT2D eigenvalue weighted by atomic mass is 10.2. The fourth-order valence-electron chi connectivity index (χ4n) is 1.45. The summed E-state index contributed by atoms with van der Waals surface area (Å²) >= 11 is 0. The molecule has 0 aliphatic carbocycles. The van der Waals surface area contributed by atoms with Gasteiger partial charge in [-0.05, 0) is 6.07 Å². The van der Waals surface area contributed by atoms with E-state index in [4.69, 9.17) is 4.74 Å². The quantitative estimate of drug-likeness (QED) is 0.751. The first-order valence-electron chi connectivity index (χ1n) is 5.28. The molecule has 0 N–H and O–H groups in total. The Morgan fingerprint density at radius 2 is 2.18 bits per heavy atom. The summed E-state index contributed by atoms with van der Waals surface area (Å²) in [6.07, 6.45) is 6.66. The lowest BCUT2D eigenvalue weighted by Crippen LogP contribution is -1.92. The number of benzene rings is 1. The molecule has 0 amide bonds. The fourth-order valence-corrected chi connectivity index (χ4v) is 1.45. The van der Waals surface area contributed by atoms with Gasteiger partial charge in [0.15, 0.2) is 0 Å². The molecule has 0 spiro atoms. The fraction of sp³-hybridized carbons (Fsp3) is 0.154. The van der Waals surface area contributed by atoms with Crippen LogP contribution in [0.25, 0.3) is 0 Å². The molecule has 2 aromatic rings. The SMILES string of the molecule is COc1ccccc1CN=Cc1cnccn1. The highest BCUT2D eigenvalue weighted by atomic mass is 16.5. The minimum Gasteiger partial charge on any atom is -0.496 e. The second-order valence-corrected chi connectivity index (χ2v) is 3.41. The number of hydrogen-bond donors (Lipinski definition) is 0. The Morgan fingerprint density at radius 3 is 2.94 bits per heavy atom. The van der Waals surface area contributed by atoms with Crippen molar-refractivity contribution in [1.82, 2.24) is 9.97 Å². The first kappa shape index (κ1) is 11.3. The molecule has 0 unspecified atom stereocenters. The maximum absolute atomic E-state index is 5.25. The van der Waals surface area contributed by atoms with Gasteiger partial charge in [-0.1, -0.05) is 18.2 Å². The van der Waals surface area contributed by atoms with Gasteiger partial charge in [-0.25, -0.2) is 0 Å². The molecule has 86 valence electrons. The predicted molar refractivity (Wildman–Crippen MR) is 66.3 cm³/mol. The highest BCUT2D eigenvalue weighted by Gasteiger charge is 1.98. The monoisotopic (exact) mass is 227 g/mol. The van der Waals surface area contributed by atoms with Crippen molar-refractivity contribution in [3.8, 4) is 5.75 Å². The second-order valence-electron chi connectivity index (χ2n) is 3.41. The molecule has 4 heteroatoms. The Balaban J connectivity index is 2.05. The normalized spacial score (nSPS) is 10.6. The number of rotatable bonds is 4. The predicted octanol–water partition coefficient (Wildman–Crippen LogP) is 2.10. The molecular formula is C13H13N3O. The lowest BCUT2D eigenvalue weighted by molar-refractivity contribution is 0.410. The average Bonchev–Trinajstić information content (AvgIpc) is 2.40. The molecule has 0 atom stereocenters. The van der Waals surface area contributed by atoms with Crippen LogP contribution in [-0.4, -0.2) is 23.3 Å². The van der Waals surface area contributed by atoms with Crippen molar-refractivity contribution in [1.29, 1.82) is 0 Å². The van der Waals surface area contributed by atoms with Gasteiger partial charge in [0, 0.05) is 24.2 Å². The molecular weight excluding hydrogens is 214 g/mol. The van der Waals surface area contributed by atoms with Gasteiger partial charge in [0.05, 0.1) is 25.5 Å². The summed E-state index contributed by atoms with van der Waals surface area (Å²) in [7, 11) is 1.66. The van der Waals surface area contributed by atoms with Gasteiger partial charge in [-0.15, -0.1) is 0 Å². The van der Waals surface area contributed by atoms with E-state index in [1.165, 1.54) is 0 Å². The molecule has 1 aromatic heterocycles. The van der Waals surface area contributed by atoms with E-state index in [1.54, 1.807) is 31.9 Å². The maximum atomic E-state index is 5.25. The smallest absolute Gasteiger partial charge is 0.123 e. The largest absolute Gasteiger partial charge is 0.496 e. The number of methoxy groups -OCH3 is 1. The Bertz CT molecular complexity index is 497. The second kappa shape index (κ2) is 5.75. The third-order valence-corrected chi connectivity index (χ3v) is 2.26. The Kier molecular flexibility index (Phi) is 3.81. The zero-order valence-corrected chi connectivity index (χ0v) is 9.58. The minimum atomic E-state index is 0.570. The van der Waals surface area contributed by atoms with Crippen LogP contribution < -0.4 is 4.74 Å². The van der Waals surface area contributed by atoms with Crippen molar-refractivity contribution in [2.75, 3.05) is 7.11 Å². The summed E-state index contributed by atoms with van der Waals surface area (Å²) < 4.78 is 5.25. The summed E-state index contributed by atoms with van der Waals surface area (Å²) in [6.45, 7) is 0.570. The third-order valence-electron chi connectivity index (χ3n) is 2.26. The van der Waals surface area contributed by atoms with Crippen LogP contribution in [0.5, 0.6) is 5.75 Å². The highest BCUT2D eigenvalue weighted by molar-refractivity contribution is 5.76. The van der Waals surface area contributed by atoms with Crippen molar-refractivity contribution in [2.24, 2.45) is 4.99 Å². The molecule has 0 radical (unpaired) electrons. The summed E-state index contributed by atoms with van der Waals surface area (Å²) in [5, 5.41) is 0. The topological polar surface area (TPSA) is 47.4 Å². The Labute approximate surface area is 100 Å². The minimum absolute atomic E-state index is 0.570. The van der Waals surface area contributed by atoms with E-state index >= 15 is 0 Å². The maximum Gasteiger partial charge on any atom is 0.123 e. The van der Waals surface area contributed by atoms with Crippen molar-refractivity contribution < 1.29 is 4.74 Å². The van der Waals surface area contributed by atoms with Crippen LogP contribution >= 0.6 is 0 Å². The van der Waals surface area contributed by atoms with Gasteiger partial charge >= 0.3 is 0 Å². The number of nitrogens with zero attached hydrogens (tertiary/aromatic N) is 3. The molecule has 4 nitrogen and oxygen atoms in total. The van der Waals surface area contributed by atoms with Gasteiger partial charge < -0.3 is 4.74 Å². The molecule has 0 bridgehead atoms. The summed E-state index contributed by atoms with van der Waals surface area (Å²) in [5.41, 5.74) is 1.80. The van der Waals surface area contributed by atoms with E-state index < -0.39 is 0 Å². The van der Waals surface area contributed by atoms with Gasteiger partial charge in [0.2, 0.25) is 0 Å². The van der Waals surface area contributed by atoms with Crippen LogP contribution in [-0.2, 0) is 6.54 Å². The first-order valence-corrected chi connectivity index (χ1v) is 5.28. The zero-order valence-electron chi connectivity index (χ0n) is 9.58. The van der Waals surface area contributed by atoms with E-state index in [2.05, 4.69) is 15.0 Å². The third kappa shape index (κ3) is 3.11. The van der Waals surface area contributed by atoms with Crippen molar-refractivity contribution >= 4 is 6.21 Å². The van der Waals surface area contributed by atoms with Gasteiger partial charge in [0.25, 0.3) is 0 Å². The molecule has 0 saturated heterocycles. The van der Waals surface area contributed by atoms with Crippen LogP contribution in [0.4, 0.5) is 0 Å². The molecule has 17 heavy (non-hydrogen) atoms. The average molecular weight is 227 g/mol. The van der Waals surface area contributed by atoms with Gasteiger partial charge in [0.1, 0.15) is 5.75 Å². The standard InChI is InChI=1S/C13H13N3O/c1-17-13-5-3-2-4-11(13)8-15-10-12-9-14-6-7-16-12/h2-7,9-10H,8H2,1H3. The van der Waals surface area contributed by atoms with Gasteiger partial charge in [-0.2, -0.15) is 0 Å². The molecule has 0 aliphatic heterocycles. The number of hydrogen-bond acceptors (Lipinski definition) is 4. The highest BCUT2D eigenvalue weighted by Crippen LogP contribution is 2.17. The first-order chi connectivity index (χ1) is 8.40. The number of aromatic nitrogens is 2. The van der Waals surface area contributed by atoms with E-state index in [1.807, 2.05) is 24.3 Å². The van der Waals surface area contributed by atoms with Crippen LogP contribution in [0.2, 0.25) is 0 Å². The molecule has 1 aromatic carbocycles. The van der Waals surface area contributed by atoms with Crippen LogP contribution in [0.1, 0.15) is 11.3 Å². The summed E-state index contributed by atoms with van der Waals surface area (Å²) in [4.78, 5) is 12.4. The zero-order chi connectivity index (χ0) is 11.9. The van der Waals surface area contributed by atoms with E-state index in [0.717, 1.165) is 17.0 Å². The molecule has 2 rings (SSSR count).